The molecule has 2 heterocycles. The molecular weight excluding hydrogens is 338 g/mol. The van der Waals surface area contributed by atoms with Crippen molar-refractivity contribution in [3.63, 3.8) is 0 Å². The number of nitrogens with one attached hydrogen (secondary N) is 1. The van der Waals surface area contributed by atoms with Gasteiger partial charge in [-0.25, -0.2) is 9.67 Å². The highest BCUT2D eigenvalue weighted by atomic mass is 16.2. The molecule has 0 bridgehead atoms. The first-order valence-electron chi connectivity index (χ1n) is 9.23. The first-order chi connectivity index (χ1) is 13.2. The number of rotatable bonds is 6. The Morgan fingerprint density at radius 1 is 1.15 bits per heavy atom. The summed E-state index contributed by atoms with van der Waals surface area (Å²) in [6.07, 6.45) is 4.10. The zero-order chi connectivity index (χ0) is 18.6. The van der Waals surface area contributed by atoms with Gasteiger partial charge in [0.1, 0.15) is 18.7 Å². The predicted octanol–water partition coefficient (Wildman–Crippen LogP) is 2.72. The van der Waals surface area contributed by atoms with Crippen molar-refractivity contribution in [1.29, 1.82) is 0 Å². The molecule has 0 unspecified atom stereocenters. The van der Waals surface area contributed by atoms with Gasteiger partial charge in [-0.1, -0.05) is 42.5 Å². The van der Waals surface area contributed by atoms with Gasteiger partial charge in [-0.05, 0) is 36.1 Å². The van der Waals surface area contributed by atoms with Crippen molar-refractivity contribution in [1.82, 2.24) is 20.1 Å². The van der Waals surface area contributed by atoms with E-state index in [1.165, 1.54) is 23.1 Å². The molecule has 1 atom stereocenters. The molecule has 1 amide bonds. The van der Waals surface area contributed by atoms with E-state index in [0.29, 0.717) is 6.54 Å². The lowest BCUT2D eigenvalue weighted by Crippen LogP contribution is -2.30. The van der Waals surface area contributed by atoms with Gasteiger partial charge in [0, 0.05) is 25.3 Å². The van der Waals surface area contributed by atoms with Crippen molar-refractivity contribution in [2.75, 3.05) is 11.4 Å². The molecule has 0 radical (unpaired) electrons. The van der Waals surface area contributed by atoms with Gasteiger partial charge < -0.3 is 10.2 Å². The molecule has 4 rings (SSSR count). The van der Waals surface area contributed by atoms with E-state index in [0.717, 1.165) is 25.1 Å². The second-order valence-corrected chi connectivity index (χ2v) is 6.89. The van der Waals surface area contributed by atoms with Gasteiger partial charge in [0.25, 0.3) is 0 Å². The zero-order valence-electron chi connectivity index (χ0n) is 15.4. The molecule has 0 fully saturated rings. The van der Waals surface area contributed by atoms with Crippen LogP contribution in [0, 0.1) is 0 Å². The van der Waals surface area contributed by atoms with Crippen molar-refractivity contribution in [2.45, 2.75) is 32.5 Å². The van der Waals surface area contributed by atoms with Crippen molar-refractivity contribution < 1.29 is 4.79 Å². The molecule has 6 heteroatoms. The summed E-state index contributed by atoms with van der Waals surface area (Å²) in [5.41, 5.74) is 5.13. The lowest BCUT2D eigenvalue weighted by Gasteiger charge is -2.19. The highest BCUT2D eigenvalue weighted by Crippen LogP contribution is 2.28. The monoisotopic (exact) mass is 361 g/mol. The highest BCUT2D eigenvalue weighted by molar-refractivity contribution is 5.79. The van der Waals surface area contributed by atoms with Gasteiger partial charge in [0.2, 0.25) is 5.91 Å². The fourth-order valence-electron chi connectivity index (χ4n) is 3.43. The molecule has 0 saturated carbocycles. The van der Waals surface area contributed by atoms with E-state index in [2.05, 4.69) is 68.8 Å². The zero-order valence-corrected chi connectivity index (χ0v) is 15.4. The molecule has 138 valence electrons. The standard InChI is InChI=1S/C21H23N5O/c1-16(26-15-22-14-24-26)21(27)23-12-17-6-8-18(9-7-17)13-25-11-10-19-4-2-3-5-20(19)25/h2-9,14-16H,10-13H2,1H3,(H,23,27)/t16-/m0/s1. The van der Waals surface area contributed by atoms with Crippen molar-refractivity contribution in [2.24, 2.45) is 0 Å². The summed E-state index contributed by atoms with van der Waals surface area (Å²) in [7, 11) is 0. The minimum Gasteiger partial charge on any atom is -0.367 e. The lowest BCUT2D eigenvalue weighted by atomic mass is 10.1. The quantitative estimate of drug-likeness (QED) is 0.733. The Hall–Kier alpha value is -3.15. The van der Waals surface area contributed by atoms with E-state index in [-0.39, 0.29) is 11.9 Å². The molecule has 3 aromatic rings. The fraction of sp³-hybridized carbons (Fsp3) is 0.286. The minimum absolute atomic E-state index is 0.0711. The van der Waals surface area contributed by atoms with Gasteiger partial charge in [-0.2, -0.15) is 5.10 Å². The van der Waals surface area contributed by atoms with Crippen LogP contribution in [0.5, 0.6) is 0 Å². The van der Waals surface area contributed by atoms with E-state index in [1.54, 1.807) is 17.9 Å². The van der Waals surface area contributed by atoms with Crippen LogP contribution >= 0.6 is 0 Å². The number of carbonyl (C=O) groups excluding carboxylic acids is 1. The molecule has 0 spiro atoms. The number of aromatic nitrogens is 3. The number of nitrogens with zero attached hydrogens (tertiary/aromatic N) is 4. The number of carbonyl (C=O) groups is 1. The number of hydrogen-bond acceptors (Lipinski definition) is 4. The second-order valence-electron chi connectivity index (χ2n) is 6.89. The summed E-state index contributed by atoms with van der Waals surface area (Å²) in [6.45, 7) is 4.29. The van der Waals surface area contributed by atoms with E-state index in [9.17, 15) is 4.79 Å². The summed E-state index contributed by atoms with van der Waals surface area (Å²) >= 11 is 0. The maximum absolute atomic E-state index is 12.2. The van der Waals surface area contributed by atoms with Crippen molar-refractivity contribution >= 4 is 11.6 Å². The Bertz CT molecular complexity index is 905. The van der Waals surface area contributed by atoms with Crippen molar-refractivity contribution in [3.8, 4) is 0 Å². The number of hydrogen-bond donors (Lipinski definition) is 1. The van der Waals surface area contributed by atoms with Crippen LogP contribution in [0.15, 0.2) is 61.2 Å². The van der Waals surface area contributed by atoms with Gasteiger partial charge in [0.05, 0.1) is 0 Å². The molecule has 0 aliphatic carbocycles. The van der Waals surface area contributed by atoms with E-state index >= 15 is 0 Å². The largest absolute Gasteiger partial charge is 0.367 e. The van der Waals surface area contributed by atoms with Crippen LogP contribution in [0.3, 0.4) is 0 Å². The number of para-hydroxylation sites is 1. The number of fused-ring (bicyclic) bond motifs is 1. The topological polar surface area (TPSA) is 63.1 Å². The molecule has 1 N–H and O–H groups in total. The normalized spacial score (nSPS) is 14.0. The summed E-state index contributed by atoms with van der Waals surface area (Å²) in [4.78, 5) is 18.5. The Labute approximate surface area is 158 Å². The average Bonchev–Trinajstić information content (AvgIpc) is 3.37. The SMILES string of the molecule is C[C@@H](C(=O)NCc1ccc(CN2CCc3ccccc32)cc1)n1cncn1. The lowest BCUT2D eigenvalue weighted by molar-refractivity contribution is -0.124. The molecule has 0 saturated heterocycles. The van der Waals surface area contributed by atoms with Gasteiger partial charge in [-0.15, -0.1) is 0 Å². The molecule has 1 aliphatic heterocycles. The van der Waals surface area contributed by atoms with E-state index in [4.69, 9.17) is 0 Å². The summed E-state index contributed by atoms with van der Waals surface area (Å²) in [5, 5.41) is 6.96. The van der Waals surface area contributed by atoms with Crippen LogP contribution in [0.2, 0.25) is 0 Å². The third-order valence-electron chi connectivity index (χ3n) is 5.06. The Morgan fingerprint density at radius 3 is 2.70 bits per heavy atom. The summed E-state index contributed by atoms with van der Waals surface area (Å²) in [5.74, 6) is -0.0711. The number of benzene rings is 2. The molecule has 1 aliphatic rings. The fourth-order valence-corrected chi connectivity index (χ4v) is 3.43. The van der Waals surface area contributed by atoms with Crippen molar-refractivity contribution in [3.05, 3.63) is 77.9 Å². The van der Waals surface area contributed by atoms with Crippen LogP contribution in [0.4, 0.5) is 5.69 Å². The number of anilines is 1. The first-order valence-corrected chi connectivity index (χ1v) is 9.23. The summed E-state index contributed by atoms with van der Waals surface area (Å²) in [6, 6.07) is 16.7. The second kappa shape index (κ2) is 7.61. The third-order valence-corrected chi connectivity index (χ3v) is 5.06. The Morgan fingerprint density at radius 2 is 1.93 bits per heavy atom. The van der Waals surface area contributed by atoms with Crippen LogP contribution in [-0.4, -0.2) is 27.2 Å². The molecule has 27 heavy (non-hydrogen) atoms. The van der Waals surface area contributed by atoms with Gasteiger partial charge in [0.15, 0.2) is 0 Å². The van der Waals surface area contributed by atoms with Crippen LogP contribution in [-0.2, 0) is 24.3 Å². The van der Waals surface area contributed by atoms with Crippen LogP contribution in [0.25, 0.3) is 0 Å². The van der Waals surface area contributed by atoms with Gasteiger partial charge >= 0.3 is 0 Å². The molecule has 2 aromatic carbocycles. The summed E-state index contributed by atoms with van der Waals surface area (Å²) < 4.78 is 1.55. The average molecular weight is 361 g/mol. The van der Waals surface area contributed by atoms with E-state index in [1.807, 2.05) is 0 Å². The third kappa shape index (κ3) is 3.84. The van der Waals surface area contributed by atoms with E-state index < -0.39 is 0 Å². The van der Waals surface area contributed by atoms with Crippen LogP contribution in [0.1, 0.15) is 29.7 Å². The molecular formula is C21H23N5O. The Kier molecular flexibility index (Phi) is 4.87. The minimum atomic E-state index is -0.373. The molecule has 6 nitrogen and oxygen atoms in total. The maximum atomic E-state index is 12.2. The smallest absolute Gasteiger partial charge is 0.244 e. The predicted molar refractivity (Wildman–Crippen MR) is 104 cm³/mol. The molecule has 1 aromatic heterocycles. The van der Waals surface area contributed by atoms with Gasteiger partial charge in [-0.3, -0.25) is 4.79 Å². The maximum Gasteiger partial charge on any atom is 0.244 e. The Balaban J connectivity index is 1.32. The highest BCUT2D eigenvalue weighted by Gasteiger charge is 2.18. The first kappa shape index (κ1) is 17.3. The van der Waals surface area contributed by atoms with Crippen LogP contribution < -0.4 is 10.2 Å². The number of amides is 1.